The van der Waals surface area contributed by atoms with Crippen molar-refractivity contribution in [3.8, 4) is 5.88 Å². The van der Waals surface area contributed by atoms with E-state index in [1.165, 1.54) is 0 Å². The zero-order chi connectivity index (χ0) is 16.8. The molecule has 24 heavy (non-hydrogen) atoms. The van der Waals surface area contributed by atoms with Crippen LogP contribution in [0.15, 0.2) is 6.07 Å². The number of aromatic nitrogens is 1. The molecular formula is C16H27N5O3. The Bertz CT molecular complexity index is 531. The van der Waals surface area contributed by atoms with E-state index in [2.05, 4.69) is 20.2 Å². The molecule has 1 aromatic heterocycles. The van der Waals surface area contributed by atoms with Crippen LogP contribution >= 0.6 is 0 Å². The van der Waals surface area contributed by atoms with Gasteiger partial charge >= 0.3 is 0 Å². The quantitative estimate of drug-likeness (QED) is 0.563. The number of hydrogen-bond acceptors (Lipinski definition) is 8. The lowest BCUT2D eigenvalue weighted by atomic mass is 10.2. The van der Waals surface area contributed by atoms with Gasteiger partial charge < -0.3 is 24.5 Å². The summed E-state index contributed by atoms with van der Waals surface area (Å²) in [6.07, 6.45) is 0. The molecule has 0 spiro atoms. The predicted octanol–water partition coefficient (Wildman–Crippen LogP) is 0.223. The van der Waals surface area contributed by atoms with Gasteiger partial charge in [-0.2, -0.15) is 4.98 Å². The number of ether oxygens (including phenoxy) is 3. The summed E-state index contributed by atoms with van der Waals surface area (Å²) >= 11 is 0. The third-order valence-corrected chi connectivity index (χ3v) is 4.45. The van der Waals surface area contributed by atoms with E-state index in [-0.39, 0.29) is 0 Å². The van der Waals surface area contributed by atoms with E-state index in [4.69, 9.17) is 20.1 Å². The molecule has 0 amide bonds. The summed E-state index contributed by atoms with van der Waals surface area (Å²) in [5.74, 6) is 6.83. The van der Waals surface area contributed by atoms with E-state index in [1.54, 1.807) is 0 Å². The fourth-order valence-electron chi connectivity index (χ4n) is 3.02. The maximum absolute atomic E-state index is 5.97. The summed E-state index contributed by atoms with van der Waals surface area (Å²) in [5.41, 5.74) is 4.78. The van der Waals surface area contributed by atoms with Crippen molar-refractivity contribution in [1.82, 2.24) is 9.88 Å². The van der Waals surface area contributed by atoms with Gasteiger partial charge in [-0.25, -0.2) is 5.84 Å². The molecule has 3 heterocycles. The van der Waals surface area contributed by atoms with Crippen molar-refractivity contribution in [3.63, 3.8) is 0 Å². The average molecular weight is 337 g/mol. The minimum absolute atomic E-state index is 0.602. The Morgan fingerprint density at radius 2 is 1.83 bits per heavy atom. The third-order valence-electron chi connectivity index (χ3n) is 4.45. The molecule has 0 atom stereocenters. The molecule has 0 aromatic carbocycles. The van der Waals surface area contributed by atoms with Crippen molar-refractivity contribution in [3.05, 3.63) is 11.6 Å². The lowest BCUT2D eigenvalue weighted by molar-refractivity contribution is 0.0319. The Balaban J connectivity index is 1.66. The van der Waals surface area contributed by atoms with Crippen molar-refractivity contribution in [2.45, 2.75) is 6.92 Å². The number of nitrogens with one attached hydrogen (secondary N) is 1. The zero-order valence-corrected chi connectivity index (χ0v) is 14.3. The summed E-state index contributed by atoms with van der Waals surface area (Å²) in [7, 11) is 0. The molecule has 0 radical (unpaired) electrons. The normalized spacial score (nSPS) is 19.3. The lowest BCUT2D eigenvalue weighted by Gasteiger charge is -2.31. The number of nitrogen functional groups attached to an aromatic ring is 1. The highest BCUT2D eigenvalue weighted by molar-refractivity contribution is 5.62. The molecule has 2 aliphatic rings. The van der Waals surface area contributed by atoms with Crippen molar-refractivity contribution >= 4 is 11.5 Å². The standard InChI is InChI=1S/C16H27N5O3/c1-13-14(21-5-9-23-10-6-21)12-15(19-17)18-16(13)24-11-4-20-2-7-22-8-3-20/h12H,2-11,17H2,1H3,(H,18,19). The lowest BCUT2D eigenvalue weighted by Crippen LogP contribution is -2.39. The summed E-state index contributed by atoms with van der Waals surface area (Å²) < 4.78 is 16.8. The first kappa shape index (κ1) is 17.2. The van der Waals surface area contributed by atoms with Gasteiger partial charge in [-0.05, 0) is 6.92 Å². The van der Waals surface area contributed by atoms with Crippen molar-refractivity contribution in [2.75, 3.05) is 76.1 Å². The molecule has 0 saturated carbocycles. The van der Waals surface area contributed by atoms with Crippen molar-refractivity contribution < 1.29 is 14.2 Å². The van der Waals surface area contributed by atoms with Crippen LogP contribution in [0.1, 0.15) is 5.56 Å². The second-order valence-electron chi connectivity index (χ2n) is 6.00. The number of hydrazine groups is 1. The SMILES string of the molecule is Cc1c(N2CCOCC2)cc(NN)nc1OCCN1CCOCC1. The first-order valence-electron chi connectivity index (χ1n) is 8.52. The second kappa shape index (κ2) is 8.48. The van der Waals surface area contributed by atoms with E-state index in [9.17, 15) is 0 Å². The van der Waals surface area contributed by atoms with Crippen LogP contribution < -0.4 is 20.9 Å². The van der Waals surface area contributed by atoms with Gasteiger partial charge in [-0.1, -0.05) is 0 Å². The van der Waals surface area contributed by atoms with Gasteiger partial charge in [0.05, 0.1) is 26.4 Å². The van der Waals surface area contributed by atoms with Crippen LogP contribution in [0.2, 0.25) is 0 Å². The van der Waals surface area contributed by atoms with Crippen LogP contribution in [0.25, 0.3) is 0 Å². The van der Waals surface area contributed by atoms with Gasteiger partial charge in [0.1, 0.15) is 12.4 Å². The van der Waals surface area contributed by atoms with Crippen molar-refractivity contribution in [2.24, 2.45) is 5.84 Å². The van der Waals surface area contributed by atoms with Crippen LogP contribution in [0, 0.1) is 6.92 Å². The highest BCUT2D eigenvalue weighted by atomic mass is 16.5. The van der Waals surface area contributed by atoms with E-state index in [1.807, 2.05) is 13.0 Å². The number of hydrogen-bond donors (Lipinski definition) is 2. The summed E-state index contributed by atoms with van der Waals surface area (Å²) in [4.78, 5) is 9.10. The first-order valence-corrected chi connectivity index (χ1v) is 8.52. The van der Waals surface area contributed by atoms with Gasteiger partial charge in [0, 0.05) is 50.0 Å². The molecule has 134 valence electrons. The highest BCUT2D eigenvalue weighted by Crippen LogP contribution is 2.30. The summed E-state index contributed by atoms with van der Waals surface area (Å²) in [6, 6.07) is 1.97. The molecule has 8 nitrogen and oxygen atoms in total. The van der Waals surface area contributed by atoms with Crippen LogP contribution in [-0.4, -0.2) is 75.6 Å². The highest BCUT2D eigenvalue weighted by Gasteiger charge is 2.18. The van der Waals surface area contributed by atoms with Crippen LogP contribution in [0.5, 0.6) is 5.88 Å². The number of morpholine rings is 2. The van der Waals surface area contributed by atoms with E-state index in [0.717, 1.165) is 70.4 Å². The zero-order valence-electron chi connectivity index (χ0n) is 14.3. The fraction of sp³-hybridized carbons (Fsp3) is 0.688. The number of anilines is 2. The molecular weight excluding hydrogens is 310 g/mol. The van der Waals surface area contributed by atoms with Crippen molar-refractivity contribution in [1.29, 1.82) is 0 Å². The Hall–Kier alpha value is -1.61. The van der Waals surface area contributed by atoms with E-state index >= 15 is 0 Å². The van der Waals surface area contributed by atoms with Crippen LogP contribution in [0.3, 0.4) is 0 Å². The van der Waals surface area contributed by atoms with Gasteiger partial charge in [-0.3, -0.25) is 4.90 Å². The molecule has 2 aliphatic heterocycles. The number of pyridine rings is 1. The van der Waals surface area contributed by atoms with Crippen LogP contribution in [0.4, 0.5) is 11.5 Å². The molecule has 3 rings (SSSR count). The smallest absolute Gasteiger partial charge is 0.220 e. The minimum Gasteiger partial charge on any atom is -0.476 e. The van der Waals surface area contributed by atoms with E-state index < -0.39 is 0 Å². The number of rotatable bonds is 6. The predicted molar refractivity (Wildman–Crippen MR) is 92.6 cm³/mol. The van der Waals surface area contributed by atoms with Gasteiger partial charge in [0.15, 0.2) is 0 Å². The van der Waals surface area contributed by atoms with Gasteiger partial charge in [0.2, 0.25) is 5.88 Å². The monoisotopic (exact) mass is 337 g/mol. The second-order valence-corrected chi connectivity index (χ2v) is 6.00. The molecule has 3 N–H and O–H groups in total. The molecule has 0 aliphatic carbocycles. The molecule has 8 heteroatoms. The fourth-order valence-corrected chi connectivity index (χ4v) is 3.02. The summed E-state index contributed by atoms with van der Waals surface area (Å²) in [5, 5.41) is 0. The Kier molecular flexibility index (Phi) is 6.08. The number of nitrogens with two attached hydrogens (primary N) is 1. The van der Waals surface area contributed by atoms with Gasteiger partial charge in [-0.15, -0.1) is 0 Å². The topological polar surface area (TPSA) is 85.1 Å². The minimum atomic E-state index is 0.602. The maximum atomic E-state index is 5.97. The number of nitrogens with zero attached hydrogens (tertiary/aromatic N) is 3. The average Bonchev–Trinajstić information content (AvgIpc) is 2.64. The Morgan fingerprint density at radius 3 is 2.50 bits per heavy atom. The molecule has 2 fully saturated rings. The molecule has 0 unspecified atom stereocenters. The molecule has 2 saturated heterocycles. The molecule has 0 bridgehead atoms. The van der Waals surface area contributed by atoms with E-state index in [0.29, 0.717) is 18.3 Å². The Labute approximate surface area is 142 Å². The third kappa shape index (κ3) is 4.27. The molecule has 1 aromatic rings. The Morgan fingerprint density at radius 1 is 1.17 bits per heavy atom. The maximum Gasteiger partial charge on any atom is 0.220 e. The van der Waals surface area contributed by atoms with Gasteiger partial charge in [0.25, 0.3) is 0 Å². The first-order chi connectivity index (χ1) is 11.8. The summed E-state index contributed by atoms with van der Waals surface area (Å²) in [6.45, 7) is 10.2. The largest absolute Gasteiger partial charge is 0.476 e. The van der Waals surface area contributed by atoms with Crippen LogP contribution in [-0.2, 0) is 9.47 Å².